The molecule has 0 fully saturated rings. The van der Waals surface area contributed by atoms with Gasteiger partial charge >= 0.3 is 5.97 Å². The Bertz CT molecular complexity index is 1940. The smallest absolute Gasteiger partial charge is 0.335 e. The van der Waals surface area contributed by atoms with Crippen LogP contribution in [0.4, 0.5) is 0 Å². The van der Waals surface area contributed by atoms with Crippen LogP contribution in [-0.4, -0.2) is 15.6 Å². The number of aromatic nitrogens is 1. The number of furan rings is 1. The molecule has 6 nitrogen and oxygen atoms in total. The highest BCUT2D eigenvalue weighted by atomic mass is 32.1. The Balaban J connectivity index is 1.36. The number of nitrogens with zero attached hydrogens (tertiary/aromatic N) is 2. The first kappa shape index (κ1) is 22.9. The molecule has 8 heteroatoms. The van der Waals surface area contributed by atoms with Crippen LogP contribution in [-0.2, 0) is 6.42 Å². The highest BCUT2D eigenvalue weighted by Crippen LogP contribution is 2.42. The molecule has 0 saturated carbocycles. The number of fused-ring (bicyclic) bond motifs is 3. The summed E-state index contributed by atoms with van der Waals surface area (Å²) in [6.45, 7) is 0. The second kappa shape index (κ2) is 8.93. The third kappa shape index (κ3) is 3.72. The van der Waals surface area contributed by atoms with Crippen LogP contribution in [0, 0.1) is 0 Å². The van der Waals surface area contributed by atoms with Gasteiger partial charge in [-0.05, 0) is 59.7 Å². The van der Waals surface area contributed by atoms with Gasteiger partial charge in [-0.15, -0.1) is 11.3 Å². The summed E-state index contributed by atoms with van der Waals surface area (Å²) in [6.07, 6.45) is 3.53. The molecule has 5 aromatic rings. The van der Waals surface area contributed by atoms with Gasteiger partial charge in [0.1, 0.15) is 11.5 Å². The van der Waals surface area contributed by atoms with Crippen LogP contribution >= 0.6 is 22.7 Å². The molecule has 0 spiro atoms. The van der Waals surface area contributed by atoms with Gasteiger partial charge in [0.05, 0.1) is 21.8 Å². The summed E-state index contributed by atoms with van der Waals surface area (Å²) in [5, 5.41) is 11.4. The summed E-state index contributed by atoms with van der Waals surface area (Å²) in [5.41, 5.74) is 5.35. The van der Waals surface area contributed by atoms with Crippen molar-refractivity contribution in [2.75, 3.05) is 0 Å². The number of carbonyl (C=O) groups is 1. The summed E-state index contributed by atoms with van der Waals surface area (Å²) < 4.78 is 8.38. The maximum Gasteiger partial charge on any atom is 0.335 e. The molecule has 2 aliphatic rings. The number of thiophene rings is 1. The van der Waals surface area contributed by atoms with Crippen LogP contribution in [0.15, 0.2) is 98.0 Å². The summed E-state index contributed by atoms with van der Waals surface area (Å²) in [6, 6.07) is 22.5. The first-order valence-corrected chi connectivity index (χ1v) is 13.9. The number of aryl methyl sites for hydroxylation is 1. The molecule has 0 unspecified atom stereocenters. The molecule has 1 aliphatic heterocycles. The lowest BCUT2D eigenvalue weighted by atomic mass is 9.85. The van der Waals surface area contributed by atoms with Crippen molar-refractivity contribution in [1.29, 1.82) is 0 Å². The number of carboxylic acids is 1. The van der Waals surface area contributed by atoms with Gasteiger partial charge < -0.3 is 9.52 Å². The number of thiazole rings is 1. The van der Waals surface area contributed by atoms with Gasteiger partial charge in [0.25, 0.3) is 5.56 Å². The average molecular weight is 537 g/mol. The normalized spacial score (nSPS) is 16.5. The Morgan fingerprint density at radius 2 is 1.95 bits per heavy atom. The minimum absolute atomic E-state index is 0.0941. The van der Waals surface area contributed by atoms with Crippen molar-refractivity contribution >= 4 is 40.4 Å². The first-order chi connectivity index (χ1) is 18.6. The van der Waals surface area contributed by atoms with E-state index in [4.69, 9.17) is 9.41 Å². The van der Waals surface area contributed by atoms with Crippen molar-refractivity contribution < 1.29 is 14.3 Å². The third-order valence-electron chi connectivity index (χ3n) is 6.98. The number of benzene rings is 2. The fourth-order valence-corrected chi connectivity index (χ4v) is 7.07. The van der Waals surface area contributed by atoms with Crippen LogP contribution in [0.3, 0.4) is 0 Å². The van der Waals surface area contributed by atoms with E-state index < -0.39 is 5.97 Å². The van der Waals surface area contributed by atoms with E-state index in [-0.39, 0.29) is 17.2 Å². The minimum atomic E-state index is -0.995. The molecular weight excluding hydrogens is 516 g/mol. The summed E-state index contributed by atoms with van der Waals surface area (Å²) in [4.78, 5) is 32.0. The predicted molar refractivity (Wildman–Crippen MR) is 148 cm³/mol. The van der Waals surface area contributed by atoms with Gasteiger partial charge in [-0.25, -0.2) is 9.79 Å². The van der Waals surface area contributed by atoms with Crippen molar-refractivity contribution in [2.45, 2.75) is 18.9 Å². The zero-order valence-electron chi connectivity index (χ0n) is 20.0. The summed E-state index contributed by atoms with van der Waals surface area (Å²) in [5.74, 6) is 0.0637. The van der Waals surface area contributed by atoms with Gasteiger partial charge in [-0.1, -0.05) is 53.8 Å². The maximum atomic E-state index is 13.8. The number of hydrogen-bond acceptors (Lipinski definition) is 6. The fourth-order valence-electron chi connectivity index (χ4n) is 5.24. The maximum absolute atomic E-state index is 13.8. The van der Waals surface area contributed by atoms with Crippen molar-refractivity contribution in [1.82, 2.24) is 4.57 Å². The molecule has 1 aliphatic carbocycles. The molecule has 0 amide bonds. The molecule has 7 rings (SSSR count). The van der Waals surface area contributed by atoms with E-state index >= 15 is 0 Å². The van der Waals surface area contributed by atoms with E-state index in [9.17, 15) is 14.7 Å². The molecule has 1 atom stereocenters. The van der Waals surface area contributed by atoms with Gasteiger partial charge in [-0.2, -0.15) is 0 Å². The lowest BCUT2D eigenvalue weighted by molar-refractivity contribution is 0.0697. The Morgan fingerprint density at radius 1 is 1.05 bits per heavy atom. The zero-order chi connectivity index (χ0) is 25.8. The molecule has 4 heterocycles. The minimum Gasteiger partial charge on any atom is -0.478 e. The number of carboxylic acid groups (broad SMARTS) is 1. The summed E-state index contributed by atoms with van der Waals surface area (Å²) >= 11 is 3.02. The van der Waals surface area contributed by atoms with Crippen molar-refractivity contribution in [3.63, 3.8) is 0 Å². The zero-order valence-corrected chi connectivity index (χ0v) is 21.6. The predicted octanol–water partition coefficient (Wildman–Crippen LogP) is 5.34. The Morgan fingerprint density at radius 3 is 2.79 bits per heavy atom. The topological polar surface area (TPSA) is 84.8 Å². The molecule has 1 N–H and O–H groups in total. The van der Waals surface area contributed by atoms with Crippen LogP contribution in [0.5, 0.6) is 0 Å². The average Bonchev–Trinajstić information content (AvgIpc) is 3.70. The van der Waals surface area contributed by atoms with Crippen molar-refractivity contribution in [3.8, 4) is 11.3 Å². The van der Waals surface area contributed by atoms with Crippen molar-refractivity contribution in [3.05, 3.63) is 131 Å². The number of allylic oxidation sites excluding steroid dienone is 1. The van der Waals surface area contributed by atoms with E-state index in [1.807, 2.05) is 22.1 Å². The van der Waals surface area contributed by atoms with E-state index in [1.165, 1.54) is 22.5 Å². The molecule has 186 valence electrons. The van der Waals surface area contributed by atoms with Crippen LogP contribution < -0.4 is 14.9 Å². The highest BCUT2D eigenvalue weighted by molar-refractivity contribution is 7.10. The van der Waals surface area contributed by atoms with Crippen LogP contribution in [0.1, 0.15) is 44.6 Å². The molecule has 0 bridgehead atoms. The third-order valence-corrected chi connectivity index (χ3v) is 8.89. The molecule has 0 saturated heterocycles. The monoisotopic (exact) mass is 536 g/mol. The number of rotatable bonds is 4. The van der Waals surface area contributed by atoms with Gasteiger partial charge in [0, 0.05) is 22.1 Å². The van der Waals surface area contributed by atoms with E-state index in [0.717, 1.165) is 29.0 Å². The molecule has 2 aromatic carbocycles. The second-order valence-corrected chi connectivity index (χ2v) is 11.2. The molecule has 3 aromatic heterocycles. The lowest BCUT2D eigenvalue weighted by Crippen LogP contribution is -2.38. The van der Waals surface area contributed by atoms with Crippen LogP contribution in [0.25, 0.3) is 23.1 Å². The molecular formula is C30H20N2O4S2. The molecule has 0 radical (unpaired) electrons. The number of aromatic carboxylic acids is 1. The Hall–Kier alpha value is -4.27. The Labute approximate surface area is 224 Å². The van der Waals surface area contributed by atoms with E-state index in [0.29, 0.717) is 26.4 Å². The fraction of sp³-hybridized carbons (Fsp3) is 0.100. The van der Waals surface area contributed by atoms with E-state index in [1.54, 1.807) is 53.8 Å². The molecule has 38 heavy (non-hydrogen) atoms. The Kier molecular flexibility index (Phi) is 5.38. The second-order valence-electron chi connectivity index (χ2n) is 9.22. The van der Waals surface area contributed by atoms with Crippen LogP contribution in [0.2, 0.25) is 0 Å². The summed E-state index contributed by atoms with van der Waals surface area (Å²) in [7, 11) is 0. The number of hydrogen-bond donors (Lipinski definition) is 1. The SMILES string of the molecule is O=C(O)c1cccc(-c2ccc(/C=c3\sc4n(c3=O)[C@H](c3cccs3)C3=C(N=4)c4ccccc4CC3)o2)c1. The standard InChI is InChI=1S/C30H20N2O4S2/c33-28-25(16-20-11-13-23(36-20)18-6-3-7-19(15-18)29(34)35)38-30-31-26-21-8-2-1-5-17(21)10-12-22(26)27(32(28)30)24-9-4-14-37-24/h1-9,11,13-16,27H,10,12H2,(H,34,35)/b25-16-/t27-/m0/s1. The van der Waals surface area contributed by atoms with Crippen molar-refractivity contribution in [2.24, 2.45) is 4.99 Å². The lowest BCUT2D eigenvalue weighted by Gasteiger charge is -2.30. The van der Waals surface area contributed by atoms with E-state index in [2.05, 4.69) is 24.3 Å². The highest BCUT2D eigenvalue weighted by Gasteiger charge is 2.33. The van der Waals surface area contributed by atoms with Gasteiger partial charge in [-0.3, -0.25) is 9.36 Å². The first-order valence-electron chi connectivity index (χ1n) is 12.2. The quantitative estimate of drug-likeness (QED) is 0.336. The van der Waals surface area contributed by atoms with Gasteiger partial charge in [0.15, 0.2) is 4.80 Å². The largest absolute Gasteiger partial charge is 0.478 e. The van der Waals surface area contributed by atoms with Gasteiger partial charge in [0.2, 0.25) is 0 Å².